The number of rotatable bonds is 1. The first-order valence-electron chi connectivity index (χ1n) is 6.19. The topological polar surface area (TPSA) is 49.4 Å². The standard InChI is InChI=1S/C13H16Cl2N2O2S/c1-13(2)8-17(5-6-20(13)19)12(18)16-11-7-9(14)3-4-10(11)15/h3-4,7H,5-6,8H2,1-2H3,(H,16,18)/t20-/m1/s1. The average Bonchev–Trinajstić information content (AvgIpc) is 2.37. The quantitative estimate of drug-likeness (QED) is 0.855. The van der Waals surface area contributed by atoms with Crippen molar-refractivity contribution in [3.8, 4) is 0 Å². The number of anilines is 1. The van der Waals surface area contributed by atoms with Crippen molar-refractivity contribution in [3.63, 3.8) is 0 Å². The van der Waals surface area contributed by atoms with E-state index in [1.54, 1.807) is 23.1 Å². The Bertz CT molecular complexity index is 563. The first-order valence-corrected chi connectivity index (χ1v) is 8.26. The van der Waals surface area contributed by atoms with Crippen LogP contribution in [0.3, 0.4) is 0 Å². The third-order valence-corrected chi connectivity index (χ3v) is 5.67. The minimum absolute atomic E-state index is 0.251. The number of carbonyl (C=O) groups excluding carboxylic acids is 1. The van der Waals surface area contributed by atoms with Crippen molar-refractivity contribution in [2.24, 2.45) is 0 Å². The number of nitrogens with zero attached hydrogens (tertiary/aromatic N) is 1. The van der Waals surface area contributed by atoms with Gasteiger partial charge in [0.2, 0.25) is 0 Å². The molecule has 0 unspecified atom stereocenters. The molecule has 7 heteroatoms. The van der Waals surface area contributed by atoms with Crippen molar-refractivity contribution >= 4 is 45.7 Å². The van der Waals surface area contributed by atoms with Crippen LogP contribution in [0, 0.1) is 0 Å². The molecule has 1 aromatic rings. The van der Waals surface area contributed by atoms with E-state index in [0.29, 0.717) is 34.6 Å². The second-order valence-corrected chi connectivity index (χ2v) is 8.33. The summed E-state index contributed by atoms with van der Waals surface area (Å²) >= 11 is 11.9. The van der Waals surface area contributed by atoms with Gasteiger partial charge < -0.3 is 10.2 Å². The van der Waals surface area contributed by atoms with Crippen LogP contribution in [0.2, 0.25) is 10.0 Å². The summed E-state index contributed by atoms with van der Waals surface area (Å²) in [4.78, 5) is 13.9. The minimum Gasteiger partial charge on any atom is -0.322 e. The van der Waals surface area contributed by atoms with Crippen LogP contribution < -0.4 is 5.32 Å². The summed E-state index contributed by atoms with van der Waals surface area (Å²) < 4.78 is 11.5. The Morgan fingerprint density at radius 3 is 2.75 bits per heavy atom. The van der Waals surface area contributed by atoms with E-state index in [1.807, 2.05) is 13.8 Å². The summed E-state index contributed by atoms with van der Waals surface area (Å²) in [5.74, 6) is 0.490. The van der Waals surface area contributed by atoms with E-state index >= 15 is 0 Å². The molecule has 0 aromatic heterocycles. The van der Waals surface area contributed by atoms with Gasteiger partial charge in [-0.15, -0.1) is 0 Å². The smallest absolute Gasteiger partial charge is 0.321 e. The van der Waals surface area contributed by atoms with Gasteiger partial charge in [-0.2, -0.15) is 0 Å². The van der Waals surface area contributed by atoms with Crippen molar-refractivity contribution < 1.29 is 9.00 Å². The third-order valence-electron chi connectivity index (χ3n) is 3.19. The molecule has 0 bridgehead atoms. The number of benzene rings is 1. The highest BCUT2D eigenvalue weighted by Crippen LogP contribution is 2.26. The van der Waals surface area contributed by atoms with Gasteiger partial charge >= 0.3 is 6.03 Å². The Labute approximate surface area is 130 Å². The van der Waals surface area contributed by atoms with E-state index in [9.17, 15) is 9.00 Å². The molecule has 2 rings (SSSR count). The molecule has 4 nitrogen and oxygen atoms in total. The van der Waals surface area contributed by atoms with E-state index < -0.39 is 15.5 Å². The first kappa shape index (κ1) is 15.6. The predicted molar refractivity (Wildman–Crippen MR) is 84.1 cm³/mol. The number of nitrogens with one attached hydrogen (secondary N) is 1. The number of halogens is 2. The van der Waals surface area contributed by atoms with Crippen LogP contribution in [0.5, 0.6) is 0 Å². The summed E-state index contributed by atoms with van der Waals surface area (Å²) in [5.41, 5.74) is 0.480. The van der Waals surface area contributed by atoms with E-state index in [-0.39, 0.29) is 6.03 Å². The summed E-state index contributed by atoms with van der Waals surface area (Å²) in [6.45, 7) is 4.72. The number of amides is 2. The molecule has 0 saturated carbocycles. The molecular formula is C13H16Cl2N2O2S. The van der Waals surface area contributed by atoms with Crippen molar-refractivity contribution in [1.29, 1.82) is 0 Å². The summed E-state index contributed by atoms with van der Waals surface area (Å²) in [5, 5.41) is 3.68. The molecule has 1 aromatic carbocycles. The van der Waals surface area contributed by atoms with Gasteiger partial charge in [0.05, 0.1) is 15.5 Å². The lowest BCUT2D eigenvalue weighted by molar-refractivity contribution is 0.207. The molecule has 1 aliphatic heterocycles. The number of urea groups is 1. The maximum Gasteiger partial charge on any atom is 0.321 e. The fourth-order valence-corrected chi connectivity index (χ4v) is 3.62. The molecule has 1 fully saturated rings. The molecule has 20 heavy (non-hydrogen) atoms. The van der Waals surface area contributed by atoms with Crippen molar-refractivity contribution in [3.05, 3.63) is 28.2 Å². The Balaban J connectivity index is 2.09. The SMILES string of the molecule is CC1(C)CN(C(=O)Nc2cc(Cl)ccc2Cl)CC[S@]1=O. The molecule has 2 amide bonds. The normalized spacial score (nSPS) is 21.6. The predicted octanol–water partition coefficient (Wildman–Crippen LogP) is 3.37. The van der Waals surface area contributed by atoms with Crippen LogP contribution in [-0.2, 0) is 10.8 Å². The van der Waals surface area contributed by atoms with E-state index in [0.717, 1.165) is 0 Å². The number of hydrogen-bond acceptors (Lipinski definition) is 2. The highest BCUT2D eigenvalue weighted by atomic mass is 35.5. The van der Waals surface area contributed by atoms with Crippen molar-refractivity contribution in [2.75, 3.05) is 24.2 Å². The van der Waals surface area contributed by atoms with Crippen LogP contribution in [-0.4, -0.2) is 38.7 Å². The van der Waals surface area contributed by atoms with Gasteiger partial charge in [0.1, 0.15) is 0 Å². The van der Waals surface area contributed by atoms with Gasteiger partial charge in [-0.3, -0.25) is 4.21 Å². The van der Waals surface area contributed by atoms with Gasteiger partial charge in [0.25, 0.3) is 0 Å². The zero-order chi connectivity index (χ0) is 14.9. The number of carbonyl (C=O) groups is 1. The summed E-state index contributed by atoms with van der Waals surface area (Å²) in [6.07, 6.45) is 0. The molecular weight excluding hydrogens is 319 g/mol. The Hall–Kier alpha value is -0.780. The highest BCUT2D eigenvalue weighted by molar-refractivity contribution is 7.86. The number of hydrogen-bond donors (Lipinski definition) is 1. The Kier molecular flexibility index (Phi) is 4.62. The summed E-state index contributed by atoms with van der Waals surface area (Å²) in [7, 11) is -0.911. The Morgan fingerprint density at radius 1 is 1.40 bits per heavy atom. The summed E-state index contributed by atoms with van der Waals surface area (Å²) in [6, 6.07) is 4.65. The first-order chi connectivity index (χ1) is 9.29. The van der Waals surface area contributed by atoms with Crippen molar-refractivity contribution in [2.45, 2.75) is 18.6 Å². The fraction of sp³-hybridized carbons (Fsp3) is 0.462. The lowest BCUT2D eigenvalue weighted by Gasteiger charge is -2.37. The van der Waals surface area contributed by atoms with Gasteiger partial charge in [-0.1, -0.05) is 23.2 Å². The van der Waals surface area contributed by atoms with Crippen LogP contribution in [0.25, 0.3) is 0 Å². The molecule has 1 atom stereocenters. The average molecular weight is 335 g/mol. The van der Waals surface area contributed by atoms with Crippen molar-refractivity contribution in [1.82, 2.24) is 4.90 Å². The van der Waals surface area contributed by atoms with Gasteiger partial charge in [0.15, 0.2) is 0 Å². The van der Waals surface area contributed by atoms with E-state index in [2.05, 4.69) is 5.32 Å². The maximum atomic E-state index is 12.2. The highest BCUT2D eigenvalue weighted by Gasteiger charge is 2.35. The van der Waals surface area contributed by atoms with Crippen LogP contribution >= 0.6 is 23.2 Å². The van der Waals surface area contributed by atoms with Crippen LogP contribution in [0.15, 0.2) is 18.2 Å². The third kappa shape index (κ3) is 3.45. The van der Waals surface area contributed by atoms with E-state index in [4.69, 9.17) is 23.2 Å². The largest absolute Gasteiger partial charge is 0.322 e. The van der Waals surface area contributed by atoms with Crippen LogP contribution in [0.4, 0.5) is 10.5 Å². The molecule has 0 radical (unpaired) electrons. The Morgan fingerprint density at radius 2 is 2.10 bits per heavy atom. The lowest BCUT2D eigenvalue weighted by Crippen LogP contribution is -2.53. The zero-order valence-electron chi connectivity index (χ0n) is 11.3. The van der Waals surface area contributed by atoms with Gasteiger partial charge in [-0.05, 0) is 32.0 Å². The minimum atomic E-state index is -0.911. The molecule has 1 saturated heterocycles. The second-order valence-electron chi connectivity index (χ2n) is 5.29. The molecule has 1 heterocycles. The van der Waals surface area contributed by atoms with E-state index in [1.165, 1.54) is 0 Å². The zero-order valence-corrected chi connectivity index (χ0v) is 13.6. The van der Waals surface area contributed by atoms with Gasteiger partial charge in [-0.25, -0.2) is 4.79 Å². The molecule has 1 N–H and O–H groups in total. The van der Waals surface area contributed by atoms with Crippen LogP contribution in [0.1, 0.15) is 13.8 Å². The molecule has 1 aliphatic rings. The lowest BCUT2D eigenvalue weighted by atomic mass is 10.2. The maximum absolute atomic E-state index is 12.2. The molecule has 110 valence electrons. The molecule has 0 aliphatic carbocycles. The molecule has 0 spiro atoms. The fourth-order valence-electron chi connectivity index (χ4n) is 2.04. The second kappa shape index (κ2) is 5.92. The van der Waals surface area contributed by atoms with Gasteiger partial charge in [0, 0.05) is 34.7 Å². The monoisotopic (exact) mass is 334 g/mol.